The van der Waals surface area contributed by atoms with E-state index in [1.165, 1.54) is 11.3 Å². The van der Waals surface area contributed by atoms with E-state index in [0.29, 0.717) is 22.1 Å². The van der Waals surface area contributed by atoms with E-state index in [2.05, 4.69) is 15.4 Å². The lowest BCUT2D eigenvalue weighted by molar-refractivity contribution is 0.102. The fourth-order valence-corrected chi connectivity index (χ4v) is 4.16. The molecule has 2 aromatic carbocycles. The number of aromatic nitrogens is 3. The number of nitrogens with one attached hydrogen (secondary N) is 1. The van der Waals surface area contributed by atoms with Crippen LogP contribution < -0.4 is 14.8 Å². The number of ether oxygens (including phenoxy) is 2. The number of anilines is 1. The molecule has 0 radical (unpaired) electrons. The number of thiazole rings is 1. The van der Waals surface area contributed by atoms with Gasteiger partial charge in [-0.15, -0.1) is 11.3 Å². The quantitative estimate of drug-likeness (QED) is 0.472. The van der Waals surface area contributed by atoms with Gasteiger partial charge in [0.2, 0.25) is 0 Å². The van der Waals surface area contributed by atoms with Crippen LogP contribution in [0, 0.1) is 6.92 Å². The molecule has 0 saturated heterocycles. The number of methoxy groups -OCH3 is 2. The summed E-state index contributed by atoms with van der Waals surface area (Å²) in [7, 11) is 5.01. The molecule has 4 aromatic rings. The number of nitrogens with zero attached hydrogens (tertiary/aromatic N) is 3. The highest BCUT2D eigenvalue weighted by Crippen LogP contribution is 2.33. The first-order chi connectivity index (χ1) is 15.0. The molecule has 1 N–H and O–H groups in total. The van der Waals surface area contributed by atoms with Gasteiger partial charge < -0.3 is 9.47 Å². The lowest BCUT2D eigenvalue weighted by Gasteiger charge is -2.07. The van der Waals surface area contributed by atoms with Crippen LogP contribution in [0.1, 0.15) is 15.2 Å². The van der Waals surface area contributed by atoms with Crippen molar-refractivity contribution >= 4 is 22.4 Å². The van der Waals surface area contributed by atoms with Crippen LogP contribution in [-0.2, 0) is 7.05 Å². The third-order valence-corrected chi connectivity index (χ3v) is 5.70. The molecule has 0 spiro atoms. The van der Waals surface area contributed by atoms with Crippen LogP contribution in [0.5, 0.6) is 11.5 Å². The highest BCUT2D eigenvalue weighted by Gasteiger charge is 2.21. The molecule has 0 saturated carbocycles. The molecule has 0 fully saturated rings. The van der Waals surface area contributed by atoms with E-state index >= 15 is 0 Å². The zero-order valence-corrected chi connectivity index (χ0v) is 18.5. The maximum absolute atomic E-state index is 13.1. The van der Waals surface area contributed by atoms with Crippen molar-refractivity contribution in [2.75, 3.05) is 19.5 Å². The smallest absolute Gasteiger partial charge is 0.261 e. The minimum atomic E-state index is -0.274. The van der Waals surface area contributed by atoms with Gasteiger partial charge in [0.1, 0.15) is 17.2 Å². The predicted octanol–water partition coefficient (Wildman–Crippen LogP) is 4.79. The second kappa shape index (κ2) is 8.61. The summed E-state index contributed by atoms with van der Waals surface area (Å²) >= 11 is 1.43. The van der Waals surface area contributed by atoms with Crippen LogP contribution in [0.3, 0.4) is 0 Å². The largest absolute Gasteiger partial charge is 0.497 e. The summed E-state index contributed by atoms with van der Waals surface area (Å²) in [5.74, 6) is 1.16. The molecule has 31 heavy (non-hydrogen) atoms. The standard InChI is InChI=1S/C23H22N4O3S/c1-14-20(15-9-11-16(29-3)12-10-15)24-23(31-14)25-22(28)18-13-27(2)26-21(18)17-7-5-6-8-19(17)30-4/h5-13H,1-4H3,(H,24,25,28). The van der Waals surface area contributed by atoms with E-state index in [9.17, 15) is 4.79 Å². The molecule has 0 bridgehead atoms. The maximum Gasteiger partial charge on any atom is 0.261 e. The van der Waals surface area contributed by atoms with E-state index in [-0.39, 0.29) is 5.91 Å². The normalized spacial score (nSPS) is 10.7. The number of carbonyl (C=O) groups is 1. The first-order valence-corrected chi connectivity index (χ1v) is 10.4. The SMILES string of the molecule is COc1ccc(-c2nc(NC(=O)c3cn(C)nc3-c3ccccc3OC)sc2C)cc1. The summed E-state index contributed by atoms with van der Waals surface area (Å²) < 4.78 is 12.3. The Morgan fingerprint density at radius 1 is 1.03 bits per heavy atom. The van der Waals surface area contributed by atoms with Gasteiger partial charge in [0.15, 0.2) is 5.13 Å². The molecule has 7 nitrogen and oxygen atoms in total. The molecule has 2 heterocycles. The average molecular weight is 435 g/mol. The number of hydrogen-bond donors (Lipinski definition) is 1. The molecule has 158 valence electrons. The lowest BCUT2D eigenvalue weighted by Crippen LogP contribution is -2.12. The summed E-state index contributed by atoms with van der Waals surface area (Å²) in [6, 6.07) is 15.2. The van der Waals surface area contributed by atoms with Crippen molar-refractivity contribution in [3.8, 4) is 34.0 Å². The summed E-state index contributed by atoms with van der Waals surface area (Å²) in [6.07, 6.45) is 1.70. The Labute approximate surface area is 184 Å². The van der Waals surface area contributed by atoms with Crippen molar-refractivity contribution < 1.29 is 14.3 Å². The Hall–Kier alpha value is -3.65. The first-order valence-electron chi connectivity index (χ1n) is 9.60. The molecule has 0 unspecified atom stereocenters. The zero-order valence-electron chi connectivity index (χ0n) is 17.7. The van der Waals surface area contributed by atoms with E-state index in [0.717, 1.165) is 27.4 Å². The van der Waals surface area contributed by atoms with Crippen molar-refractivity contribution in [2.45, 2.75) is 6.92 Å². The van der Waals surface area contributed by atoms with Gasteiger partial charge in [0.05, 0.1) is 25.5 Å². The van der Waals surface area contributed by atoms with Crippen molar-refractivity contribution in [3.05, 3.63) is 65.2 Å². The first kappa shape index (κ1) is 20.6. The highest BCUT2D eigenvalue weighted by atomic mass is 32.1. The Kier molecular flexibility index (Phi) is 5.73. The van der Waals surface area contributed by atoms with Gasteiger partial charge in [0.25, 0.3) is 5.91 Å². The van der Waals surface area contributed by atoms with Crippen molar-refractivity contribution in [2.24, 2.45) is 7.05 Å². The number of rotatable bonds is 6. The van der Waals surface area contributed by atoms with Crippen LogP contribution in [0.4, 0.5) is 5.13 Å². The fourth-order valence-electron chi connectivity index (χ4n) is 3.32. The molecule has 0 atom stereocenters. The molecular formula is C23H22N4O3S. The van der Waals surface area contributed by atoms with Crippen LogP contribution >= 0.6 is 11.3 Å². The van der Waals surface area contributed by atoms with Gasteiger partial charge in [-0.05, 0) is 43.3 Å². The monoisotopic (exact) mass is 434 g/mol. The van der Waals surface area contributed by atoms with Gasteiger partial charge in [-0.3, -0.25) is 14.8 Å². The van der Waals surface area contributed by atoms with Crippen LogP contribution in [0.15, 0.2) is 54.7 Å². The second-order valence-corrected chi connectivity index (χ2v) is 8.07. The van der Waals surface area contributed by atoms with E-state index in [1.807, 2.05) is 55.5 Å². The highest BCUT2D eigenvalue weighted by molar-refractivity contribution is 7.16. The lowest BCUT2D eigenvalue weighted by atomic mass is 10.1. The number of benzene rings is 2. The number of aryl methyl sites for hydroxylation is 2. The van der Waals surface area contributed by atoms with Crippen LogP contribution in [-0.4, -0.2) is 34.9 Å². The Morgan fingerprint density at radius 3 is 2.48 bits per heavy atom. The molecule has 4 rings (SSSR count). The molecule has 0 aliphatic carbocycles. The molecule has 8 heteroatoms. The third kappa shape index (κ3) is 4.15. The molecule has 0 aliphatic rings. The maximum atomic E-state index is 13.1. The number of para-hydroxylation sites is 1. The fraction of sp³-hybridized carbons (Fsp3) is 0.174. The van der Waals surface area contributed by atoms with Crippen molar-refractivity contribution in [1.29, 1.82) is 0 Å². The van der Waals surface area contributed by atoms with Gasteiger partial charge in [-0.25, -0.2) is 4.98 Å². The summed E-state index contributed by atoms with van der Waals surface area (Å²) in [4.78, 5) is 18.8. The Morgan fingerprint density at radius 2 is 1.77 bits per heavy atom. The predicted molar refractivity (Wildman–Crippen MR) is 122 cm³/mol. The van der Waals surface area contributed by atoms with Crippen molar-refractivity contribution in [1.82, 2.24) is 14.8 Å². The molecule has 2 aromatic heterocycles. The number of amides is 1. The Balaban J connectivity index is 1.62. The van der Waals surface area contributed by atoms with Gasteiger partial charge in [-0.1, -0.05) is 12.1 Å². The van der Waals surface area contributed by atoms with Crippen LogP contribution in [0.2, 0.25) is 0 Å². The number of hydrogen-bond acceptors (Lipinski definition) is 6. The molecule has 1 amide bonds. The van der Waals surface area contributed by atoms with Gasteiger partial charge >= 0.3 is 0 Å². The molecular weight excluding hydrogens is 412 g/mol. The van der Waals surface area contributed by atoms with E-state index in [1.54, 1.807) is 32.1 Å². The minimum Gasteiger partial charge on any atom is -0.497 e. The van der Waals surface area contributed by atoms with Crippen molar-refractivity contribution in [3.63, 3.8) is 0 Å². The van der Waals surface area contributed by atoms with Gasteiger partial charge in [-0.2, -0.15) is 5.10 Å². The summed E-state index contributed by atoms with van der Waals surface area (Å²) in [5.41, 5.74) is 3.56. The Bertz CT molecular complexity index is 1230. The third-order valence-electron chi connectivity index (χ3n) is 4.82. The second-order valence-electron chi connectivity index (χ2n) is 6.87. The van der Waals surface area contributed by atoms with Gasteiger partial charge in [0, 0.05) is 29.2 Å². The summed E-state index contributed by atoms with van der Waals surface area (Å²) in [6.45, 7) is 1.98. The van der Waals surface area contributed by atoms with Crippen LogP contribution in [0.25, 0.3) is 22.5 Å². The van der Waals surface area contributed by atoms with E-state index < -0.39 is 0 Å². The molecule has 0 aliphatic heterocycles. The van der Waals surface area contributed by atoms with E-state index in [4.69, 9.17) is 9.47 Å². The summed E-state index contributed by atoms with van der Waals surface area (Å²) in [5, 5.41) is 7.94. The zero-order chi connectivity index (χ0) is 22.0. The topological polar surface area (TPSA) is 78.3 Å². The average Bonchev–Trinajstić information content (AvgIpc) is 3.35. The number of carbonyl (C=O) groups excluding carboxylic acids is 1. The minimum absolute atomic E-state index is 0.274.